The van der Waals surface area contributed by atoms with Crippen LogP contribution in [0.25, 0.3) is 10.9 Å². The summed E-state index contributed by atoms with van der Waals surface area (Å²) in [5, 5.41) is 7.43. The lowest BCUT2D eigenvalue weighted by Crippen LogP contribution is -2.14. The lowest BCUT2D eigenvalue weighted by molar-refractivity contribution is 0.0471. The van der Waals surface area contributed by atoms with Crippen LogP contribution >= 0.6 is 0 Å². The number of aromatic amines is 1. The number of hydrogen-bond acceptors (Lipinski definition) is 4. The van der Waals surface area contributed by atoms with E-state index in [9.17, 15) is 9.59 Å². The molecule has 5 nitrogen and oxygen atoms in total. The third kappa shape index (κ3) is 3.94. The highest BCUT2D eigenvalue weighted by molar-refractivity contribution is 6.03. The van der Waals surface area contributed by atoms with Crippen molar-refractivity contribution in [3.05, 3.63) is 65.4 Å². The molecular formula is C20H20N2O3. The Morgan fingerprint density at radius 2 is 1.84 bits per heavy atom. The first kappa shape index (κ1) is 16.9. The van der Waals surface area contributed by atoms with Crippen molar-refractivity contribution in [2.24, 2.45) is 0 Å². The van der Waals surface area contributed by atoms with Gasteiger partial charge in [0.05, 0.1) is 5.52 Å². The van der Waals surface area contributed by atoms with Crippen molar-refractivity contribution in [3.8, 4) is 0 Å². The maximum absolute atomic E-state index is 12.2. The van der Waals surface area contributed by atoms with E-state index < -0.39 is 5.97 Å². The first-order valence-electron chi connectivity index (χ1n) is 8.41. The quantitative estimate of drug-likeness (QED) is 0.524. The molecule has 0 amide bonds. The third-order valence-corrected chi connectivity index (χ3v) is 4.09. The molecule has 0 atom stereocenters. The molecule has 3 aromatic rings. The molecule has 0 fully saturated rings. The normalized spacial score (nSPS) is 10.8. The zero-order chi connectivity index (χ0) is 17.6. The highest BCUT2D eigenvalue weighted by atomic mass is 16.5. The average molecular weight is 336 g/mol. The smallest absolute Gasteiger partial charge is 0.359 e. The number of ether oxygens (including phenoxy) is 1. The van der Waals surface area contributed by atoms with Crippen LogP contribution in [-0.2, 0) is 11.2 Å². The molecule has 0 bridgehead atoms. The highest BCUT2D eigenvalue weighted by Gasteiger charge is 2.17. The van der Waals surface area contributed by atoms with Crippen LogP contribution in [0.1, 0.15) is 46.2 Å². The molecule has 0 unspecified atom stereocenters. The Hall–Kier alpha value is -2.95. The van der Waals surface area contributed by atoms with Crippen molar-refractivity contribution in [3.63, 3.8) is 0 Å². The Morgan fingerprint density at radius 1 is 1.08 bits per heavy atom. The Morgan fingerprint density at radius 3 is 2.60 bits per heavy atom. The summed E-state index contributed by atoms with van der Waals surface area (Å²) >= 11 is 0. The van der Waals surface area contributed by atoms with Crippen LogP contribution in [0, 0.1) is 0 Å². The van der Waals surface area contributed by atoms with E-state index >= 15 is 0 Å². The lowest BCUT2D eigenvalue weighted by atomic mass is 10.0. The summed E-state index contributed by atoms with van der Waals surface area (Å²) in [5.41, 5.74) is 2.69. The van der Waals surface area contributed by atoms with E-state index in [1.165, 1.54) is 5.56 Å². The van der Waals surface area contributed by atoms with Crippen molar-refractivity contribution in [1.29, 1.82) is 0 Å². The summed E-state index contributed by atoms with van der Waals surface area (Å²) in [6.45, 7) is 1.85. The Labute approximate surface area is 146 Å². The van der Waals surface area contributed by atoms with Crippen LogP contribution in [0.3, 0.4) is 0 Å². The molecule has 0 saturated carbocycles. The molecule has 5 heteroatoms. The van der Waals surface area contributed by atoms with Crippen LogP contribution in [-0.4, -0.2) is 28.6 Å². The lowest BCUT2D eigenvalue weighted by Gasteiger charge is -2.05. The van der Waals surface area contributed by atoms with E-state index in [2.05, 4.69) is 17.1 Å². The van der Waals surface area contributed by atoms with Crippen molar-refractivity contribution >= 4 is 22.7 Å². The van der Waals surface area contributed by atoms with Crippen LogP contribution < -0.4 is 0 Å². The number of nitrogens with zero attached hydrogens (tertiary/aromatic N) is 1. The van der Waals surface area contributed by atoms with Crippen LogP contribution in [0.4, 0.5) is 0 Å². The number of unbranched alkanes of at least 4 members (excludes halogenated alkanes) is 1. The molecule has 3 rings (SSSR count). The molecule has 0 aliphatic carbocycles. The van der Waals surface area contributed by atoms with Gasteiger partial charge in [0.25, 0.3) is 0 Å². The van der Waals surface area contributed by atoms with Gasteiger partial charge in [-0.1, -0.05) is 55.8 Å². The average Bonchev–Trinajstić information content (AvgIpc) is 3.09. The van der Waals surface area contributed by atoms with E-state index in [0.29, 0.717) is 10.9 Å². The molecule has 0 aliphatic rings. The van der Waals surface area contributed by atoms with Crippen molar-refractivity contribution in [1.82, 2.24) is 10.2 Å². The number of H-pyrrole nitrogens is 1. The number of para-hydroxylation sites is 1. The number of rotatable bonds is 7. The van der Waals surface area contributed by atoms with Gasteiger partial charge in [-0.05, 0) is 24.5 Å². The van der Waals surface area contributed by atoms with Crippen LogP contribution in [0.15, 0.2) is 48.5 Å². The number of ketones is 1. The molecule has 128 valence electrons. The maximum atomic E-state index is 12.2. The van der Waals surface area contributed by atoms with E-state index in [-0.39, 0.29) is 18.1 Å². The SMILES string of the molecule is CCCCc1ccc(C(=O)COC(=O)c2n[nH]c3ccccc23)cc1. The summed E-state index contributed by atoms with van der Waals surface area (Å²) in [5.74, 6) is -0.833. The number of carbonyl (C=O) groups excluding carboxylic acids is 2. The monoisotopic (exact) mass is 336 g/mol. The second kappa shape index (κ2) is 7.75. The first-order valence-corrected chi connectivity index (χ1v) is 8.41. The Bertz CT molecular complexity index is 881. The van der Waals surface area contributed by atoms with E-state index in [4.69, 9.17) is 4.74 Å². The molecule has 0 saturated heterocycles. The second-order valence-electron chi connectivity index (χ2n) is 5.92. The fourth-order valence-corrected chi connectivity index (χ4v) is 2.64. The van der Waals surface area contributed by atoms with E-state index in [1.807, 2.05) is 30.3 Å². The number of aryl methyl sites for hydroxylation is 1. The van der Waals surface area contributed by atoms with Gasteiger partial charge in [0.1, 0.15) is 0 Å². The molecular weight excluding hydrogens is 316 g/mol. The second-order valence-corrected chi connectivity index (χ2v) is 5.92. The molecule has 25 heavy (non-hydrogen) atoms. The summed E-state index contributed by atoms with van der Waals surface area (Å²) in [4.78, 5) is 24.4. The van der Waals surface area contributed by atoms with Gasteiger partial charge in [-0.25, -0.2) is 4.79 Å². The number of carbonyl (C=O) groups is 2. The molecule has 1 aromatic heterocycles. The zero-order valence-corrected chi connectivity index (χ0v) is 14.1. The van der Waals surface area contributed by atoms with Gasteiger partial charge in [-0.2, -0.15) is 5.10 Å². The van der Waals surface area contributed by atoms with Crippen LogP contribution in [0.2, 0.25) is 0 Å². The molecule has 0 spiro atoms. The number of fused-ring (bicyclic) bond motifs is 1. The molecule has 1 N–H and O–H groups in total. The number of nitrogens with one attached hydrogen (secondary N) is 1. The Balaban J connectivity index is 1.61. The molecule has 0 radical (unpaired) electrons. The standard InChI is InChI=1S/C20H20N2O3/c1-2-3-6-14-9-11-15(12-10-14)18(23)13-25-20(24)19-16-7-4-5-8-17(16)21-22-19/h4-5,7-12H,2-3,6,13H2,1H3,(H,21,22). The number of hydrogen-bond donors (Lipinski definition) is 1. The third-order valence-electron chi connectivity index (χ3n) is 4.09. The van der Waals surface area contributed by atoms with Gasteiger partial charge in [-0.3, -0.25) is 9.89 Å². The number of aromatic nitrogens is 2. The number of Topliss-reactive ketones (excluding diaryl/α,β-unsaturated/α-hetero) is 1. The van der Waals surface area contributed by atoms with E-state index in [0.717, 1.165) is 24.8 Å². The van der Waals surface area contributed by atoms with Crippen molar-refractivity contribution < 1.29 is 14.3 Å². The number of benzene rings is 2. The fraction of sp³-hybridized carbons (Fsp3) is 0.250. The predicted molar refractivity (Wildman–Crippen MR) is 95.8 cm³/mol. The van der Waals surface area contributed by atoms with Gasteiger partial charge in [-0.15, -0.1) is 0 Å². The van der Waals surface area contributed by atoms with Crippen LogP contribution in [0.5, 0.6) is 0 Å². The van der Waals surface area contributed by atoms with Gasteiger partial charge in [0.15, 0.2) is 18.1 Å². The number of esters is 1. The fourth-order valence-electron chi connectivity index (χ4n) is 2.64. The van der Waals surface area contributed by atoms with Gasteiger partial charge in [0, 0.05) is 10.9 Å². The van der Waals surface area contributed by atoms with Crippen molar-refractivity contribution in [2.45, 2.75) is 26.2 Å². The summed E-state index contributed by atoms with van der Waals surface area (Å²) in [6.07, 6.45) is 3.27. The minimum absolute atomic E-state index is 0.193. The van der Waals surface area contributed by atoms with Gasteiger partial charge < -0.3 is 4.74 Å². The minimum atomic E-state index is -0.606. The summed E-state index contributed by atoms with van der Waals surface area (Å²) in [6, 6.07) is 14.7. The minimum Gasteiger partial charge on any atom is -0.452 e. The predicted octanol–water partition coefficient (Wildman–Crippen LogP) is 3.95. The first-order chi connectivity index (χ1) is 12.2. The largest absolute Gasteiger partial charge is 0.452 e. The van der Waals surface area contributed by atoms with Gasteiger partial charge >= 0.3 is 5.97 Å². The molecule has 2 aromatic carbocycles. The summed E-state index contributed by atoms with van der Waals surface area (Å²) < 4.78 is 5.13. The molecule has 0 aliphatic heterocycles. The molecule has 1 heterocycles. The van der Waals surface area contributed by atoms with E-state index in [1.54, 1.807) is 18.2 Å². The van der Waals surface area contributed by atoms with Gasteiger partial charge in [0.2, 0.25) is 0 Å². The summed E-state index contributed by atoms with van der Waals surface area (Å²) in [7, 11) is 0. The van der Waals surface area contributed by atoms with Crippen molar-refractivity contribution in [2.75, 3.05) is 6.61 Å². The zero-order valence-electron chi connectivity index (χ0n) is 14.1. The topological polar surface area (TPSA) is 72.1 Å². The maximum Gasteiger partial charge on any atom is 0.359 e. The Kier molecular flexibility index (Phi) is 5.23. The highest BCUT2D eigenvalue weighted by Crippen LogP contribution is 2.16.